The predicted octanol–water partition coefficient (Wildman–Crippen LogP) is 2.68. The highest BCUT2D eigenvalue weighted by Crippen LogP contribution is 2.33. The maximum absolute atomic E-state index is 13.6. The third-order valence-electron chi connectivity index (χ3n) is 5.21. The molecule has 2 aromatic carbocycles. The monoisotopic (exact) mass is 370 g/mol. The number of phenolic OH excluding ortho intramolecular Hbond substituents is 1. The number of carbonyl (C=O) groups excluding carboxylic acids is 2. The first-order valence-corrected chi connectivity index (χ1v) is 8.77. The van der Waals surface area contributed by atoms with Gasteiger partial charge in [-0.2, -0.15) is 0 Å². The van der Waals surface area contributed by atoms with Gasteiger partial charge in [-0.1, -0.05) is 0 Å². The first-order chi connectivity index (χ1) is 13.0. The van der Waals surface area contributed by atoms with Crippen molar-refractivity contribution in [2.75, 3.05) is 36.5 Å². The molecule has 2 atom stereocenters. The summed E-state index contributed by atoms with van der Waals surface area (Å²) in [4.78, 5) is 25.5. The van der Waals surface area contributed by atoms with Crippen molar-refractivity contribution in [1.29, 1.82) is 0 Å². The minimum atomic E-state index is -1.01. The number of amides is 1. The van der Waals surface area contributed by atoms with Gasteiger partial charge >= 0.3 is 0 Å². The van der Waals surface area contributed by atoms with Crippen molar-refractivity contribution < 1.29 is 23.8 Å². The number of nitrogens with zero attached hydrogens (tertiary/aromatic N) is 1. The molecular weight excluding hydrogens is 351 g/mol. The number of rotatable bonds is 4. The molecule has 0 aliphatic carbocycles. The standard InChI is InChI=1S/C20H19FN2O4/c21-18-6-12(5-13(9-24)19(18)25)20(26)22-16-1-3-17(4-2-16)23-7-14-10-27-11-15(14)8-23/h1-6,9,14-15,25H,7-8,10-11H2,(H,22,26)/t14-,15+. The summed E-state index contributed by atoms with van der Waals surface area (Å²) in [6.45, 7) is 3.58. The van der Waals surface area contributed by atoms with Crippen LogP contribution in [0.4, 0.5) is 15.8 Å². The molecule has 2 fully saturated rings. The van der Waals surface area contributed by atoms with Crippen LogP contribution in [-0.2, 0) is 4.74 Å². The Morgan fingerprint density at radius 3 is 2.48 bits per heavy atom. The molecule has 2 aliphatic rings. The van der Waals surface area contributed by atoms with E-state index in [2.05, 4.69) is 10.2 Å². The number of phenols is 1. The van der Waals surface area contributed by atoms with E-state index in [4.69, 9.17) is 4.74 Å². The molecule has 27 heavy (non-hydrogen) atoms. The summed E-state index contributed by atoms with van der Waals surface area (Å²) in [7, 11) is 0. The van der Waals surface area contributed by atoms with Crippen LogP contribution < -0.4 is 10.2 Å². The van der Waals surface area contributed by atoms with Gasteiger partial charge in [-0.15, -0.1) is 0 Å². The number of anilines is 2. The van der Waals surface area contributed by atoms with Crippen molar-refractivity contribution in [2.45, 2.75) is 0 Å². The van der Waals surface area contributed by atoms with Crippen molar-refractivity contribution in [3.8, 4) is 5.75 Å². The first kappa shape index (κ1) is 17.5. The molecule has 0 bridgehead atoms. The van der Waals surface area contributed by atoms with Gasteiger partial charge in [-0.3, -0.25) is 9.59 Å². The first-order valence-electron chi connectivity index (χ1n) is 8.77. The Labute approximate surface area is 155 Å². The molecule has 2 saturated heterocycles. The van der Waals surface area contributed by atoms with Crippen LogP contribution >= 0.6 is 0 Å². The molecule has 0 saturated carbocycles. The van der Waals surface area contributed by atoms with Crippen LogP contribution in [0, 0.1) is 17.7 Å². The van der Waals surface area contributed by atoms with Gasteiger partial charge in [0.05, 0.1) is 18.8 Å². The van der Waals surface area contributed by atoms with Crippen molar-refractivity contribution >= 4 is 23.6 Å². The topological polar surface area (TPSA) is 78.9 Å². The van der Waals surface area contributed by atoms with Gasteiger partial charge in [-0.05, 0) is 36.4 Å². The second-order valence-electron chi connectivity index (χ2n) is 6.98. The number of aldehydes is 1. The lowest BCUT2D eigenvalue weighted by atomic mass is 10.0. The fourth-order valence-corrected chi connectivity index (χ4v) is 3.70. The molecule has 7 heteroatoms. The summed E-state index contributed by atoms with van der Waals surface area (Å²) in [5.41, 5.74) is 1.34. The van der Waals surface area contributed by atoms with E-state index in [-0.39, 0.29) is 11.1 Å². The normalized spacial score (nSPS) is 21.1. The van der Waals surface area contributed by atoms with E-state index in [0.29, 0.717) is 23.8 Å². The Hall–Kier alpha value is -2.93. The van der Waals surface area contributed by atoms with E-state index < -0.39 is 17.5 Å². The van der Waals surface area contributed by atoms with Crippen LogP contribution in [-0.4, -0.2) is 43.6 Å². The molecule has 6 nitrogen and oxygen atoms in total. The Balaban J connectivity index is 1.45. The SMILES string of the molecule is O=Cc1cc(C(=O)Nc2ccc(N3C[C@H]4COC[C@H]4C3)cc2)cc(F)c1O. The minimum absolute atomic E-state index is 0.0381. The summed E-state index contributed by atoms with van der Waals surface area (Å²) in [6.07, 6.45) is 0.306. The highest BCUT2D eigenvalue weighted by Gasteiger charge is 2.37. The zero-order chi connectivity index (χ0) is 19.0. The van der Waals surface area contributed by atoms with Gasteiger partial charge < -0.3 is 20.1 Å². The average molecular weight is 370 g/mol. The Bertz CT molecular complexity index is 872. The maximum atomic E-state index is 13.6. The zero-order valence-corrected chi connectivity index (χ0v) is 14.5. The van der Waals surface area contributed by atoms with E-state index in [1.54, 1.807) is 12.1 Å². The lowest BCUT2D eigenvalue weighted by Gasteiger charge is -2.20. The highest BCUT2D eigenvalue weighted by atomic mass is 19.1. The third-order valence-corrected chi connectivity index (χ3v) is 5.21. The molecule has 0 spiro atoms. The molecule has 4 rings (SSSR count). The van der Waals surface area contributed by atoms with Crippen LogP contribution in [0.25, 0.3) is 0 Å². The second kappa shape index (κ2) is 7.00. The number of fused-ring (bicyclic) bond motifs is 1. The van der Waals surface area contributed by atoms with Gasteiger partial charge in [0.15, 0.2) is 17.9 Å². The number of nitrogens with one attached hydrogen (secondary N) is 1. The minimum Gasteiger partial charge on any atom is -0.504 e. The van der Waals surface area contributed by atoms with Gasteiger partial charge in [0, 0.05) is 41.9 Å². The number of carbonyl (C=O) groups is 2. The van der Waals surface area contributed by atoms with Crippen molar-refractivity contribution in [3.63, 3.8) is 0 Å². The van der Waals surface area contributed by atoms with E-state index in [1.165, 1.54) is 0 Å². The van der Waals surface area contributed by atoms with Crippen molar-refractivity contribution in [1.82, 2.24) is 0 Å². The number of aromatic hydroxyl groups is 1. The average Bonchev–Trinajstić information content (AvgIpc) is 3.26. The van der Waals surface area contributed by atoms with E-state index in [0.717, 1.165) is 44.1 Å². The highest BCUT2D eigenvalue weighted by molar-refractivity contribution is 6.05. The van der Waals surface area contributed by atoms with E-state index in [9.17, 15) is 19.1 Å². The molecule has 140 valence electrons. The molecule has 2 aliphatic heterocycles. The molecule has 2 N–H and O–H groups in total. The smallest absolute Gasteiger partial charge is 0.255 e. The number of halogens is 1. The number of hydrogen-bond donors (Lipinski definition) is 2. The summed E-state index contributed by atoms with van der Waals surface area (Å²) < 4.78 is 19.1. The summed E-state index contributed by atoms with van der Waals surface area (Å²) in [5, 5.41) is 12.1. The van der Waals surface area contributed by atoms with Gasteiger partial charge in [0.25, 0.3) is 5.91 Å². The molecule has 2 aromatic rings. The molecule has 0 unspecified atom stereocenters. The van der Waals surface area contributed by atoms with Crippen LogP contribution in [0.5, 0.6) is 5.75 Å². The second-order valence-corrected chi connectivity index (χ2v) is 6.98. The van der Waals surface area contributed by atoms with Gasteiger partial charge in [0.2, 0.25) is 0 Å². The van der Waals surface area contributed by atoms with E-state index in [1.807, 2.05) is 12.1 Å². The maximum Gasteiger partial charge on any atom is 0.255 e. The summed E-state index contributed by atoms with van der Waals surface area (Å²) >= 11 is 0. The van der Waals surface area contributed by atoms with Gasteiger partial charge in [-0.25, -0.2) is 4.39 Å². The lowest BCUT2D eigenvalue weighted by molar-refractivity contribution is 0.102. The van der Waals surface area contributed by atoms with Crippen LogP contribution in [0.3, 0.4) is 0 Å². The third kappa shape index (κ3) is 3.38. The quantitative estimate of drug-likeness (QED) is 0.809. The number of ether oxygens (including phenoxy) is 1. The Morgan fingerprint density at radius 1 is 1.19 bits per heavy atom. The van der Waals surface area contributed by atoms with Crippen LogP contribution in [0.1, 0.15) is 20.7 Å². The number of benzene rings is 2. The molecule has 1 amide bonds. The fraction of sp³-hybridized carbons (Fsp3) is 0.300. The predicted molar refractivity (Wildman–Crippen MR) is 97.9 cm³/mol. The molecule has 0 aromatic heterocycles. The Morgan fingerprint density at radius 2 is 1.85 bits per heavy atom. The molecule has 2 heterocycles. The van der Waals surface area contributed by atoms with Gasteiger partial charge in [0.1, 0.15) is 0 Å². The van der Waals surface area contributed by atoms with Crippen molar-refractivity contribution in [2.24, 2.45) is 11.8 Å². The summed E-state index contributed by atoms with van der Waals surface area (Å²) in [6, 6.07) is 9.50. The fourth-order valence-electron chi connectivity index (χ4n) is 3.70. The molecule has 0 radical (unpaired) electrons. The van der Waals surface area contributed by atoms with Crippen molar-refractivity contribution in [3.05, 3.63) is 53.3 Å². The lowest BCUT2D eigenvalue weighted by Crippen LogP contribution is -2.22. The molecular formula is C20H19FN2O4. The summed E-state index contributed by atoms with van der Waals surface area (Å²) in [5.74, 6) is -1.16. The number of hydrogen-bond acceptors (Lipinski definition) is 5. The Kier molecular flexibility index (Phi) is 4.53. The zero-order valence-electron chi connectivity index (χ0n) is 14.5. The van der Waals surface area contributed by atoms with Crippen LogP contribution in [0.2, 0.25) is 0 Å². The van der Waals surface area contributed by atoms with Crippen LogP contribution in [0.15, 0.2) is 36.4 Å². The van der Waals surface area contributed by atoms with E-state index >= 15 is 0 Å². The largest absolute Gasteiger partial charge is 0.504 e.